The summed E-state index contributed by atoms with van der Waals surface area (Å²) >= 11 is 2.17. The molecule has 0 aromatic rings. The first kappa shape index (κ1) is 5.70. The van der Waals surface area contributed by atoms with Crippen molar-refractivity contribution in [2.24, 2.45) is 17.8 Å². The minimum atomic E-state index is 0.983. The van der Waals surface area contributed by atoms with E-state index < -0.39 is 0 Å². The third-order valence-electron chi connectivity index (χ3n) is 3.17. The van der Waals surface area contributed by atoms with Crippen LogP contribution < -0.4 is 0 Å². The van der Waals surface area contributed by atoms with Crippen LogP contribution in [0.3, 0.4) is 0 Å². The normalized spacial score (nSPS) is 56.0. The molecule has 2 fully saturated rings. The number of fused-ring (bicyclic) bond motifs is 2. The quantitative estimate of drug-likeness (QED) is 0.410. The highest BCUT2D eigenvalue weighted by molar-refractivity contribution is 8.06. The summed E-state index contributed by atoms with van der Waals surface area (Å²) in [7, 11) is 0. The molecular weight excluding hydrogens is 140 g/mol. The maximum Gasteiger partial charge on any atom is 0.0172 e. The third-order valence-corrected chi connectivity index (χ3v) is 4.23. The minimum absolute atomic E-state index is 0.983. The Bertz CT molecular complexity index is 181. The molecule has 0 aromatic heterocycles. The number of hydrogen-bond acceptors (Lipinski definition) is 1. The van der Waals surface area contributed by atoms with Gasteiger partial charge in [-0.2, -0.15) is 11.8 Å². The summed E-state index contributed by atoms with van der Waals surface area (Å²) in [6, 6.07) is 0. The van der Waals surface area contributed by atoms with Crippen LogP contribution in [-0.4, -0.2) is 11.0 Å². The maximum atomic E-state index is 2.47. The Kier molecular flexibility index (Phi) is 1.04. The van der Waals surface area contributed by atoms with Crippen molar-refractivity contribution in [2.45, 2.75) is 18.1 Å². The van der Waals surface area contributed by atoms with Gasteiger partial charge in [0, 0.05) is 11.0 Å². The lowest BCUT2D eigenvalue weighted by molar-refractivity contribution is 0.465. The van der Waals surface area contributed by atoms with Crippen molar-refractivity contribution in [1.29, 1.82) is 0 Å². The molecular formula is C9H12S. The standard InChI is InChI=1S/C9H12S/c1-2-7-3-6(1)4-8(7)9-5-10-9/h1-2,6-9H,3-5H2. The molecule has 1 heterocycles. The third kappa shape index (κ3) is 0.701. The van der Waals surface area contributed by atoms with E-state index in [9.17, 15) is 0 Å². The molecule has 0 spiro atoms. The first-order chi connectivity index (χ1) is 4.93. The smallest absolute Gasteiger partial charge is 0.0172 e. The predicted molar refractivity (Wildman–Crippen MR) is 45.1 cm³/mol. The van der Waals surface area contributed by atoms with Gasteiger partial charge in [0.1, 0.15) is 0 Å². The molecule has 1 saturated carbocycles. The molecule has 1 saturated heterocycles. The second-order valence-corrected chi connectivity index (χ2v) is 5.09. The van der Waals surface area contributed by atoms with Crippen LogP contribution in [0.25, 0.3) is 0 Å². The van der Waals surface area contributed by atoms with Crippen LogP contribution in [0, 0.1) is 17.8 Å². The van der Waals surface area contributed by atoms with Crippen LogP contribution in [0.2, 0.25) is 0 Å². The lowest BCUT2D eigenvalue weighted by Crippen LogP contribution is -2.12. The van der Waals surface area contributed by atoms with Gasteiger partial charge in [-0.3, -0.25) is 0 Å². The van der Waals surface area contributed by atoms with Gasteiger partial charge in [0.15, 0.2) is 0 Å². The average molecular weight is 152 g/mol. The molecule has 4 atom stereocenters. The summed E-state index contributed by atoms with van der Waals surface area (Å²) in [5, 5.41) is 1.07. The minimum Gasteiger partial charge on any atom is -0.156 e. The van der Waals surface area contributed by atoms with Gasteiger partial charge in [0.2, 0.25) is 0 Å². The Morgan fingerprint density at radius 2 is 2.10 bits per heavy atom. The van der Waals surface area contributed by atoms with Crippen molar-refractivity contribution in [3.63, 3.8) is 0 Å². The van der Waals surface area contributed by atoms with Gasteiger partial charge in [-0.05, 0) is 30.6 Å². The largest absolute Gasteiger partial charge is 0.156 e. The second kappa shape index (κ2) is 1.82. The molecule has 0 nitrogen and oxygen atoms in total. The monoisotopic (exact) mass is 152 g/mol. The van der Waals surface area contributed by atoms with E-state index in [1.807, 2.05) is 0 Å². The lowest BCUT2D eigenvalue weighted by Gasteiger charge is -2.15. The molecule has 1 aliphatic heterocycles. The zero-order valence-electron chi connectivity index (χ0n) is 5.99. The van der Waals surface area contributed by atoms with E-state index in [0.29, 0.717) is 0 Å². The molecule has 1 heteroatoms. The van der Waals surface area contributed by atoms with Crippen molar-refractivity contribution >= 4 is 11.8 Å². The molecule has 0 amide bonds. The van der Waals surface area contributed by atoms with E-state index in [1.165, 1.54) is 18.6 Å². The molecule has 3 rings (SSSR count). The summed E-state index contributed by atoms with van der Waals surface area (Å²) < 4.78 is 0. The first-order valence-electron chi connectivity index (χ1n) is 4.23. The van der Waals surface area contributed by atoms with Crippen molar-refractivity contribution in [3.05, 3.63) is 12.2 Å². The highest BCUT2D eigenvalue weighted by Crippen LogP contribution is 2.52. The lowest BCUT2D eigenvalue weighted by atomic mass is 9.91. The summed E-state index contributed by atoms with van der Waals surface area (Å²) in [4.78, 5) is 0. The number of rotatable bonds is 1. The zero-order valence-corrected chi connectivity index (χ0v) is 6.81. The fraction of sp³-hybridized carbons (Fsp3) is 0.778. The molecule has 0 aromatic carbocycles. The molecule has 4 unspecified atom stereocenters. The zero-order chi connectivity index (χ0) is 6.55. The summed E-state index contributed by atoms with van der Waals surface area (Å²) in [5.74, 6) is 4.52. The van der Waals surface area contributed by atoms with E-state index in [0.717, 1.165) is 23.0 Å². The Morgan fingerprint density at radius 1 is 1.20 bits per heavy atom. The SMILES string of the molecule is C1=CC2CC1CC2C1CS1. The van der Waals surface area contributed by atoms with Gasteiger partial charge >= 0.3 is 0 Å². The first-order valence-corrected chi connectivity index (χ1v) is 5.28. The van der Waals surface area contributed by atoms with Gasteiger partial charge in [-0.15, -0.1) is 0 Å². The van der Waals surface area contributed by atoms with Gasteiger partial charge < -0.3 is 0 Å². The summed E-state index contributed by atoms with van der Waals surface area (Å²) in [5.41, 5.74) is 0. The summed E-state index contributed by atoms with van der Waals surface area (Å²) in [6.45, 7) is 0. The van der Waals surface area contributed by atoms with Crippen LogP contribution in [0.1, 0.15) is 12.8 Å². The van der Waals surface area contributed by atoms with Crippen LogP contribution >= 0.6 is 11.8 Å². The topological polar surface area (TPSA) is 0 Å². The average Bonchev–Trinajstić information content (AvgIpc) is 2.60. The van der Waals surface area contributed by atoms with E-state index in [-0.39, 0.29) is 0 Å². The van der Waals surface area contributed by atoms with E-state index in [2.05, 4.69) is 23.9 Å². The van der Waals surface area contributed by atoms with Gasteiger partial charge in [0.25, 0.3) is 0 Å². The predicted octanol–water partition coefficient (Wildman–Crippen LogP) is 2.31. The Morgan fingerprint density at radius 3 is 2.60 bits per heavy atom. The highest BCUT2D eigenvalue weighted by Gasteiger charge is 2.44. The fourth-order valence-electron chi connectivity index (χ4n) is 2.55. The van der Waals surface area contributed by atoms with Gasteiger partial charge in [-0.1, -0.05) is 12.2 Å². The van der Waals surface area contributed by atoms with Crippen molar-refractivity contribution in [1.82, 2.24) is 0 Å². The van der Waals surface area contributed by atoms with Crippen LogP contribution in [0.15, 0.2) is 12.2 Å². The van der Waals surface area contributed by atoms with E-state index in [1.54, 1.807) is 0 Å². The number of thioether (sulfide) groups is 1. The van der Waals surface area contributed by atoms with E-state index in [4.69, 9.17) is 0 Å². The molecule has 10 heavy (non-hydrogen) atoms. The van der Waals surface area contributed by atoms with Crippen molar-refractivity contribution in [2.75, 3.05) is 5.75 Å². The van der Waals surface area contributed by atoms with Gasteiger partial charge in [-0.25, -0.2) is 0 Å². The van der Waals surface area contributed by atoms with Crippen LogP contribution in [0.4, 0.5) is 0 Å². The number of hydrogen-bond donors (Lipinski definition) is 0. The fourth-order valence-corrected chi connectivity index (χ4v) is 3.47. The van der Waals surface area contributed by atoms with Crippen LogP contribution in [0.5, 0.6) is 0 Å². The maximum absolute atomic E-state index is 2.47. The Hall–Kier alpha value is 0.0900. The Labute approximate surface area is 66.1 Å². The molecule has 2 aliphatic carbocycles. The van der Waals surface area contributed by atoms with E-state index >= 15 is 0 Å². The number of allylic oxidation sites excluding steroid dienone is 2. The molecule has 3 aliphatic rings. The Balaban J connectivity index is 1.83. The van der Waals surface area contributed by atoms with Crippen molar-refractivity contribution < 1.29 is 0 Å². The summed E-state index contributed by atoms with van der Waals surface area (Å²) in [6.07, 6.45) is 7.91. The molecule has 2 bridgehead atoms. The highest BCUT2D eigenvalue weighted by atomic mass is 32.2. The molecule has 0 radical (unpaired) electrons. The van der Waals surface area contributed by atoms with Crippen molar-refractivity contribution in [3.8, 4) is 0 Å². The molecule has 54 valence electrons. The second-order valence-electron chi connectivity index (χ2n) is 3.82. The molecule has 0 N–H and O–H groups in total. The van der Waals surface area contributed by atoms with Crippen LogP contribution in [-0.2, 0) is 0 Å². The van der Waals surface area contributed by atoms with Gasteiger partial charge in [0.05, 0.1) is 0 Å².